The van der Waals surface area contributed by atoms with Crippen LogP contribution in [0.15, 0.2) is 72.8 Å². The summed E-state index contributed by atoms with van der Waals surface area (Å²) in [5.41, 5.74) is 3.92. The van der Waals surface area contributed by atoms with Crippen LogP contribution in [-0.4, -0.2) is 33.5 Å². The lowest BCUT2D eigenvalue weighted by molar-refractivity contribution is -0.137. The van der Waals surface area contributed by atoms with Crippen LogP contribution in [0.3, 0.4) is 0 Å². The monoisotopic (exact) mass is 561 g/mol. The molecule has 9 heteroatoms. The molecular formula is C31H29ClFN3O4. The van der Waals surface area contributed by atoms with Crippen molar-refractivity contribution in [3.8, 4) is 0 Å². The highest BCUT2D eigenvalue weighted by atomic mass is 35.5. The molecule has 0 spiro atoms. The second-order valence-electron chi connectivity index (χ2n) is 10.2. The van der Waals surface area contributed by atoms with E-state index in [1.54, 1.807) is 34.9 Å². The SMILES string of the molecule is O=C(O)Cn1c2c(c3cc(F)ccc31)C[C@@H](NC(=O)[C@H](CC(=O)Nc1ccc(Cl)cc1)Cc1ccccc1)CC2. The molecule has 40 heavy (non-hydrogen) atoms. The summed E-state index contributed by atoms with van der Waals surface area (Å²) in [4.78, 5) is 38.0. The third-order valence-corrected chi connectivity index (χ3v) is 7.58. The van der Waals surface area contributed by atoms with E-state index < -0.39 is 17.7 Å². The first kappa shape index (κ1) is 27.4. The maximum atomic E-state index is 14.2. The van der Waals surface area contributed by atoms with Gasteiger partial charge in [-0.3, -0.25) is 14.4 Å². The highest BCUT2D eigenvalue weighted by Crippen LogP contribution is 2.33. The molecule has 2 amide bonds. The summed E-state index contributed by atoms with van der Waals surface area (Å²) >= 11 is 5.94. The fourth-order valence-corrected chi connectivity index (χ4v) is 5.63. The molecule has 0 fully saturated rings. The molecule has 206 valence electrons. The summed E-state index contributed by atoms with van der Waals surface area (Å²) in [6.07, 6.45) is 1.98. The Balaban J connectivity index is 1.34. The minimum atomic E-state index is -0.972. The Morgan fingerprint density at radius 2 is 1.80 bits per heavy atom. The van der Waals surface area contributed by atoms with Crippen LogP contribution in [-0.2, 0) is 40.2 Å². The fraction of sp³-hybridized carbons (Fsp3) is 0.258. The number of amides is 2. The Morgan fingerprint density at radius 3 is 2.52 bits per heavy atom. The van der Waals surface area contributed by atoms with E-state index in [-0.39, 0.29) is 30.8 Å². The second-order valence-corrected chi connectivity index (χ2v) is 10.6. The molecule has 1 aliphatic carbocycles. The lowest BCUT2D eigenvalue weighted by atomic mass is 9.89. The van der Waals surface area contributed by atoms with E-state index in [0.29, 0.717) is 47.3 Å². The van der Waals surface area contributed by atoms with Crippen molar-refractivity contribution < 1.29 is 23.9 Å². The fourth-order valence-electron chi connectivity index (χ4n) is 5.51. The van der Waals surface area contributed by atoms with Gasteiger partial charge in [0.2, 0.25) is 11.8 Å². The summed E-state index contributed by atoms with van der Waals surface area (Å²) in [5.74, 6) is -2.49. The Kier molecular flexibility index (Phi) is 8.16. The van der Waals surface area contributed by atoms with Gasteiger partial charge < -0.3 is 20.3 Å². The largest absolute Gasteiger partial charge is 0.480 e. The van der Waals surface area contributed by atoms with Crippen LogP contribution in [0.5, 0.6) is 0 Å². The predicted molar refractivity (Wildman–Crippen MR) is 152 cm³/mol. The van der Waals surface area contributed by atoms with Gasteiger partial charge in [0.05, 0.1) is 5.92 Å². The van der Waals surface area contributed by atoms with Gasteiger partial charge in [-0.1, -0.05) is 41.9 Å². The summed E-state index contributed by atoms with van der Waals surface area (Å²) in [5, 5.41) is 16.6. The zero-order valence-electron chi connectivity index (χ0n) is 21.7. The van der Waals surface area contributed by atoms with E-state index in [0.717, 1.165) is 16.8 Å². The van der Waals surface area contributed by atoms with Crippen molar-refractivity contribution in [3.05, 3.63) is 100 Å². The lowest BCUT2D eigenvalue weighted by Crippen LogP contribution is -2.43. The number of carbonyl (C=O) groups excluding carboxylic acids is 2. The number of hydrogen-bond acceptors (Lipinski definition) is 3. The Hall–Kier alpha value is -4.17. The molecule has 7 nitrogen and oxygen atoms in total. The third kappa shape index (κ3) is 6.34. The van der Waals surface area contributed by atoms with Gasteiger partial charge in [0.1, 0.15) is 12.4 Å². The molecule has 0 bridgehead atoms. The lowest BCUT2D eigenvalue weighted by Gasteiger charge is -2.27. The number of hydrogen-bond donors (Lipinski definition) is 3. The smallest absolute Gasteiger partial charge is 0.323 e. The number of halogens is 2. The van der Waals surface area contributed by atoms with Gasteiger partial charge in [-0.05, 0) is 79.3 Å². The molecule has 1 aliphatic rings. The molecule has 0 radical (unpaired) electrons. The minimum absolute atomic E-state index is 0.00947. The number of aromatic nitrogens is 1. The number of carbonyl (C=O) groups is 3. The van der Waals surface area contributed by atoms with Crippen LogP contribution < -0.4 is 10.6 Å². The Morgan fingerprint density at radius 1 is 1.05 bits per heavy atom. The number of carboxylic acids is 1. The molecule has 3 aromatic carbocycles. The minimum Gasteiger partial charge on any atom is -0.480 e. The van der Waals surface area contributed by atoms with Crippen LogP contribution in [0.2, 0.25) is 5.02 Å². The summed E-state index contributed by atoms with van der Waals surface area (Å²) in [7, 11) is 0. The zero-order valence-corrected chi connectivity index (χ0v) is 22.5. The van der Waals surface area contributed by atoms with Gasteiger partial charge in [-0.15, -0.1) is 0 Å². The number of nitrogens with one attached hydrogen (secondary N) is 2. The van der Waals surface area contributed by atoms with Crippen LogP contribution >= 0.6 is 11.6 Å². The Labute approximate surface area is 236 Å². The number of carboxylic acid groups (broad SMARTS) is 1. The number of anilines is 1. The molecule has 3 N–H and O–H groups in total. The van der Waals surface area contributed by atoms with Crippen molar-refractivity contribution in [2.75, 3.05) is 5.32 Å². The van der Waals surface area contributed by atoms with Crippen LogP contribution in [0.25, 0.3) is 10.9 Å². The van der Waals surface area contributed by atoms with Gasteiger partial charge in [-0.2, -0.15) is 0 Å². The van der Waals surface area contributed by atoms with E-state index in [2.05, 4.69) is 10.6 Å². The van der Waals surface area contributed by atoms with E-state index in [4.69, 9.17) is 11.6 Å². The van der Waals surface area contributed by atoms with Crippen LogP contribution in [0.4, 0.5) is 10.1 Å². The van der Waals surface area contributed by atoms with Gasteiger partial charge in [0.25, 0.3) is 0 Å². The summed E-state index contributed by atoms with van der Waals surface area (Å²) < 4.78 is 15.9. The number of rotatable bonds is 9. The van der Waals surface area contributed by atoms with Gasteiger partial charge in [-0.25, -0.2) is 4.39 Å². The van der Waals surface area contributed by atoms with Gasteiger partial charge >= 0.3 is 5.97 Å². The first-order valence-electron chi connectivity index (χ1n) is 13.2. The maximum Gasteiger partial charge on any atom is 0.323 e. The molecule has 1 aromatic heterocycles. The molecule has 0 saturated carbocycles. The van der Waals surface area contributed by atoms with Gasteiger partial charge in [0.15, 0.2) is 0 Å². The van der Waals surface area contributed by atoms with Crippen molar-refractivity contribution in [2.24, 2.45) is 5.92 Å². The second kappa shape index (κ2) is 11.9. The number of aliphatic carboxylic acids is 1. The topological polar surface area (TPSA) is 100 Å². The average molecular weight is 562 g/mol. The first-order valence-corrected chi connectivity index (χ1v) is 13.6. The zero-order chi connectivity index (χ0) is 28.2. The third-order valence-electron chi connectivity index (χ3n) is 7.32. The van der Waals surface area contributed by atoms with Crippen molar-refractivity contribution in [1.82, 2.24) is 9.88 Å². The Bertz CT molecular complexity index is 1550. The standard InChI is InChI=1S/C31H29ClFN3O4/c32-21-6-9-23(10-7-21)34-29(37)15-20(14-19-4-2-1-3-5-19)31(40)35-24-11-13-28-26(17-24)25-16-22(33)8-12-27(25)36(28)18-30(38)39/h1-10,12,16,20,24H,11,13-15,17-18H2,(H,34,37)(H,35,40)(H,38,39)/t20-,24-/m0/s1. The van der Waals surface area contributed by atoms with Crippen LogP contribution in [0.1, 0.15) is 29.7 Å². The number of benzene rings is 3. The molecule has 0 aliphatic heterocycles. The van der Waals surface area contributed by atoms with E-state index in [9.17, 15) is 23.9 Å². The summed E-state index contributed by atoms with van der Waals surface area (Å²) in [6, 6.07) is 20.4. The first-order chi connectivity index (χ1) is 19.3. The van der Waals surface area contributed by atoms with Crippen molar-refractivity contribution in [3.63, 3.8) is 0 Å². The molecule has 2 atom stereocenters. The van der Waals surface area contributed by atoms with Crippen molar-refractivity contribution in [2.45, 2.75) is 44.7 Å². The van der Waals surface area contributed by atoms with E-state index in [1.165, 1.54) is 12.1 Å². The average Bonchev–Trinajstić information content (AvgIpc) is 3.21. The van der Waals surface area contributed by atoms with Crippen molar-refractivity contribution >= 4 is 46.0 Å². The van der Waals surface area contributed by atoms with E-state index in [1.807, 2.05) is 30.3 Å². The van der Waals surface area contributed by atoms with E-state index >= 15 is 0 Å². The molecule has 0 saturated heterocycles. The summed E-state index contributed by atoms with van der Waals surface area (Å²) in [6.45, 7) is -0.212. The highest BCUT2D eigenvalue weighted by Gasteiger charge is 2.30. The number of nitrogens with zero attached hydrogens (tertiary/aromatic N) is 1. The normalized spacial score (nSPS) is 15.3. The molecular weight excluding hydrogens is 533 g/mol. The quantitative estimate of drug-likeness (QED) is 0.255. The highest BCUT2D eigenvalue weighted by molar-refractivity contribution is 6.30. The molecule has 1 heterocycles. The molecule has 4 aromatic rings. The molecule has 5 rings (SSSR count). The number of fused-ring (bicyclic) bond motifs is 3. The predicted octanol–water partition coefficient (Wildman–Crippen LogP) is 5.38. The van der Waals surface area contributed by atoms with Gasteiger partial charge in [0, 0.05) is 39.8 Å². The van der Waals surface area contributed by atoms with Crippen molar-refractivity contribution in [1.29, 1.82) is 0 Å². The molecule has 0 unspecified atom stereocenters. The van der Waals surface area contributed by atoms with Crippen LogP contribution in [0, 0.1) is 11.7 Å². The maximum absolute atomic E-state index is 14.2.